The molecule has 3 rings (SSSR count). The fourth-order valence-corrected chi connectivity index (χ4v) is 2.85. The molecule has 2 heterocycles. The number of non-ortho nitro benzene ring substituents is 1. The van der Waals surface area contributed by atoms with Gasteiger partial charge in [0.1, 0.15) is 5.01 Å². The second-order valence-electron chi connectivity index (χ2n) is 4.55. The van der Waals surface area contributed by atoms with E-state index in [-0.39, 0.29) is 11.7 Å². The van der Waals surface area contributed by atoms with Gasteiger partial charge in [-0.25, -0.2) is 4.98 Å². The van der Waals surface area contributed by atoms with E-state index in [2.05, 4.69) is 15.3 Å². The second kappa shape index (κ2) is 5.45. The zero-order valence-corrected chi connectivity index (χ0v) is 12.0. The number of nitro groups is 1. The van der Waals surface area contributed by atoms with Crippen LogP contribution in [0.4, 0.5) is 11.4 Å². The first kappa shape index (κ1) is 13.4. The van der Waals surface area contributed by atoms with E-state index < -0.39 is 4.92 Å². The van der Waals surface area contributed by atoms with Crippen molar-refractivity contribution in [3.8, 4) is 0 Å². The van der Waals surface area contributed by atoms with Crippen LogP contribution in [0.2, 0.25) is 0 Å². The molecule has 21 heavy (non-hydrogen) atoms. The van der Waals surface area contributed by atoms with Gasteiger partial charge < -0.3 is 5.32 Å². The maximum Gasteiger partial charge on any atom is 0.278 e. The standard InChI is InChI=1S/C14H12N4O2S/c1-9(14-16-6-7-21-14)17-12-2-3-13(18(19)20)11-8-15-5-4-10(11)12/h2-9,17H,1H3. The van der Waals surface area contributed by atoms with Crippen molar-refractivity contribution in [3.63, 3.8) is 0 Å². The molecule has 0 spiro atoms. The van der Waals surface area contributed by atoms with Crippen molar-refractivity contribution in [3.05, 3.63) is 57.3 Å². The zero-order valence-electron chi connectivity index (χ0n) is 11.2. The molecule has 1 aromatic carbocycles. The average molecular weight is 300 g/mol. The van der Waals surface area contributed by atoms with Crippen LogP contribution in [0.15, 0.2) is 42.2 Å². The summed E-state index contributed by atoms with van der Waals surface area (Å²) in [6.45, 7) is 2.01. The molecule has 106 valence electrons. The number of nitro benzene ring substituents is 1. The first-order valence-electron chi connectivity index (χ1n) is 6.34. The smallest absolute Gasteiger partial charge is 0.278 e. The predicted octanol–water partition coefficient (Wildman–Crippen LogP) is 3.77. The third-order valence-electron chi connectivity index (χ3n) is 3.19. The number of benzene rings is 1. The van der Waals surface area contributed by atoms with Gasteiger partial charge in [0.15, 0.2) is 0 Å². The Morgan fingerprint density at radius 1 is 1.29 bits per heavy atom. The number of rotatable bonds is 4. The van der Waals surface area contributed by atoms with E-state index in [1.54, 1.807) is 35.9 Å². The molecule has 0 saturated carbocycles. The highest BCUT2D eigenvalue weighted by Gasteiger charge is 2.16. The lowest BCUT2D eigenvalue weighted by molar-refractivity contribution is -0.383. The number of nitrogens with zero attached hydrogens (tertiary/aromatic N) is 3. The molecule has 0 aliphatic carbocycles. The lowest BCUT2D eigenvalue weighted by Gasteiger charge is -2.14. The topological polar surface area (TPSA) is 81.0 Å². The van der Waals surface area contributed by atoms with Crippen LogP contribution in [0.25, 0.3) is 10.8 Å². The lowest BCUT2D eigenvalue weighted by Crippen LogP contribution is -2.06. The summed E-state index contributed by atoms with van der Waals surface area (Å²) in [7, 11) is 0. The van der Waals surface area contributed by atoms with Crippen molar-refractivity contribution >= 4 is 33.5 Å². The molecule has 0 bridgehead atoms. The van der Waals surface area contributed by atoms with Crippen LogP contribution in [0.3, 0.4) is 0 Å². The zero-order chi connectivity index (χ0) is 14.8. The number of fused-ring (bicyclic) bond motifs is 1. The van der Waals surface area contributed by atoms with E-state index in [9.17, 15) is 10.1 Å². The average Bonchev–Trinajstić information content (AvgIpc) is 3.01. The van der Waals surface area contributed by atoms with Crippen LogP contribution in [0, 0.1) is 10.1 Å². The highest BCUT2D eigenvalue weighted by molar-refractivity contribution is 7.09. The van der Waals surface area contributed by atoms with Crippen molar-refractivity contribution in [2.24, 2.45) is 0 Å². The quantitative estimate of drug-likeness (QED) is 0.586. The van der Waals surface area contributed by atoms with Crippen LogP contribution in [0.5, 0.6) is 0 Å². The molecule has 0 aliphatic rings. The summed E-state index contributed by atoms with van der Waals surface area (Å²) >= 11 is 1.57. The van der Waals surface area contributed by atoms with Gasteiger partial charge in [-0.05, 0) is 19.1 Å². The third kappa shape index (κ3) is 2.55. The first-order chi connectivity index (χ1) is 10.2. The number of anilines is 1. The number of hydrogen-bond donors (Lipinski definition) is 1. The number of pyridine rings is 1. The maximum atomic E-state index is 11.1. The number of thiazole rings is 1. The Kier molecular flexibility index (Phi) is 3.49. The summed E-state index contributed by atoms with van der Waals surface area (Å²) in [4.78, 5) is 19.0. The summed E-state index contributed by atoms with van der Waals surface area (Å²) in [5.74, 6) is 0. The fraction of sp³-hybridized carbons (Fsp3) is 0.143. The molecule has 1 atom stereocenters. The van der Waals surface area contributed by atoms with Crippen molar-refractivity contribution in [1.29, 1.82) is 0 Å². The van der Waals surface area contributed by atoms with Crippen LogP contribution in [-0.4, -0.2) is 14.9 Å². The minimum absolute atomic E-state index is 0.0304. The first-order valence-corrected chi connectivity index (χ1v) is 7.22. The molecular formula is C14H12N4O2S. The van der Waals surface area contributed by atoms with Gasteiger partial charge in [0.05, 0.1) is 16.4 Å². The van der Waals surface area contributed by atoms with Crippen LogP contribution in [0.1, 0.15) is 18.0 Å². The Morgan fingerprint density at radius 2 is 2.14 bits per heavy atom. The summed E-state index contributed by atoms with van der Waals surface area (Å²) in [6.07, 6.45) is 4.91. The highest BCUT2D eigenvalue weighted by Crippen LogP contribution is 2.32. The van der Waals surface area contributed by atoms with Crippen LogP contribution >= 0.6 is 11.3 Å². The number of hydrogen-bond acceptors (Lipinski definition) is 6. The molecule has 1 unspecified atom stereocenters. The molecule has 6 nitrogen and oxygen atoms in total. The van der Waals surface area contributed by atoms with Gasteiger partial charge in [0.2, 0.25) is 0 Å². The minimum Gasteiger partial charge on any atom is -0.376 e. The fourth-order valence-electron chi connectivity index (χ4n) is 2.20. The summed E-state index contributed by atoms with van der Waals surface area (Å²) in [5, 5.41) is 18.6. The van der Waals surface area contributed by atoms with E-state index in [1.807, 2.05) is 12.3 Å². The maximum absolute atomic E-state index is 11.1. The van der Waals surface area contributed by atoms with Gasteiger partial charge in [-0.3, -0.25) is 15.1 Å². The molecule has 0 saturated heterocycles. The van der Waals surface area contributed by atoms with Crippen LogP contribution < -0.4 is 5.32 Å². The molecular weight excluding hydrogens is 288 g/mol. The second-order valence-corrected chi connectivity index (χ2v) is 5.47. The monoisotopic (exact) mass is 300 g/mol. The molecule has 2 aromatic heterocycles. The minimum atomic E-state index is -0.391. The number of aromatic nitrogens is 2. The van der Waals surface area contributed by atoms with Crippen molar-refractivity contribution < 1.29 is 4.92 Å². The molecule has 1 N–H and O–H groups in total. The van der Waals surface area contributed by atoms with Gasteiger partial charge in [-0.2, -0.15) is 0 Å². The molecule has 0 fully saturated rings. The molecule has 0 radical (unpaired) electrons. The van der Waals surface area contributed by atoms with Gasteiger partial charge in [0, 0.05) is 41.1 Å². The van der Waals surface area contributed by atoms with Crippen molar-refractivity contribution in [2.45, 2.75) is 13.0 Å². The molecule has 3 aromatic rings. The Balaban J connectivity index is 2.04. The highest BCUT2D eigenvalue weighted by atomic mass is 32.1. The third-order valence-corrected chi connectivity index (χ3v) is 4.14. The summed E-state index contributed by atoms with van der Waals surface area (Å²) in [6, 6.07) is 5.04. The van der Waals surface area contributed by atoms with Gasteiger partial charge in [-0.15, -0.1) is 11.3 Å². The van der Waals surface area contributed by atoms with Gasteiger partial charge in [0.25, 0.3) is 5.69 Å². The lowest BCUT2D eigenvalue weighted by atomic mass is 10.1. The molecule has 0 aliphatic heterocycles. The largest absolute Gasteiger partial charge is 0.376 e. The van der Waals surface area contributed by atoms with E-state index in [4.69, 9.17) is 0 Å². The summed E-state index contributed by atoms with van der Waals surface area (Å²) < 4.78 is 0. The van der Waals surface area contributed by atoms with E-state index in [1.165, 1.54) is 12.3 Å². The van der Waals surface area contributed by atoms with E-state index >= 15 is 0 Å². The SMILES string of the molecule is CC(Nc1ccc([N+](=O)[O-])c2cnccc12)c1nccs1. The Labute approximate surface area is 124 Å². The van der Waals surface area contributed by atoms with Crippen LogP contribution in [-0.2, 0) is 0 Å². The van der Waals surface area contributed by atoms with Crippen molar-refractivity contribution in [2.75, 3.05) is 5.32 Å². The van der Waals surface area contributed by atoms with E-state index in [0.717, 1.165) is 16.1 Å². The van der Waals surface area contributed by atoms with Gasteiger partial charge >= 0.3 is 0 Å². The predicted molar refractivity (Wildman–Crippen MR) is 82.5 cm³/mol. The summed E-state index contributed by atoms with van der Waals surface area (Å²) in [5.41, 5.74) is 0.895. The van der Waals surface area contributed by atoms with E-state index in [0.29, 0.717) is 5.39 Å². The normalized spacial score (nSPS) is 12.2. The number of nitrogens with one attached hydrogen (secondary N) is 1. The Morgan fingerprint density at radius 3 is 2.86 bits per heavy atom. The molecule has 0 amide bonds. The van der Waals surface area contributed by atoms with Crippen molar-refractivity contribution in [1.82, 2.24) is 9.97 Å². The Hall–Kier alpha value is -2.54. The molecule has 7 heteroatoms. The Bertz CT molecular complexity index is 789. The van der Waals surface area contributed by atoms with Gasteiger partial charge in [-0.1, -0.05) is 0 Å².